The lowest BCUT2D eigenvalue weighted by molar-refractivity contribution is -0.384. The first-order valence-electron chi connectivity index (χ1n) is 9.42. The summed E-state index contributed by atoms with van der Waals surface area (Å²) >= 11 is 0. The molecule has 2 aliphatic rings. The van der Waals surface area contributed by atoms with Crippen LogP contribution >= 0.6 is 0 Å². The number of aromatic nitrogens is 2. The minimum atomic E-state index is -0.441. The van der Waals surface area contributed by atoms with Crippen LogP contribution in [0, 0.1) is 10.1 Å². The fraction of sp³-hybridized carbons (Fsp3) is 0.350. The molecule has 0 saturated carbocycles. The van der Waals surface area contributed by atoms with E-state index < -0.39 is 4.92 Å². The van der Waals surface area contributed by atoms with Gasteiger partial charge < -0.3 is 9.80 Å². The van der Waals surface area contributed by atoms with Crippen molar-refractivity contribution in [2.24, 2.45) is 0 Å². The quantitative estimate of drug-likeness (QED) is 0.460. The van der Waals surface area contributed by atoms with Crippen molar-refractivity contribution in [2.75, 3.05) is 31.1 Å². The molecule has 0 radical (unpaired) electrons. The number of amides is 1. The topological polar surface area (TPSA) is 92.5 Å². The zero-order valence-electron chi connectivity index (χ0n) is 15.5. The maximum atomic E-state index is 12.4. The van der Waals surface area contributed by atoms with E-state index in [2.05, 4.69) is 21.2 Å². The molecule has 0 unspecified atom stereocenters. The molecular weight excluding hydrogens is 358 g/mol. The Balaban J connectivity index is 1.33. The number of fused-ring (bicyclic) bond motifs is 1. The van der Waals surface area contributed by atoms with Crippen molar-refractivity contribution < 1.29 is 9.72 Å². The maximum Gasteiger partial charge on any atom is 0.269 e. The third kappa shape index (κ3) is 3.85. The van der Waals surface area contributed by atoms with Gasteiger partial charge in [-0.05, 0) is 54.7 Å². The lowest BCUT2D eigenvalue weighted by atomic mass is 10.2. The molecule has 28 heavy (non-hydrogen) atoms. The van der Waals surface area contributed by atoms with E-state index in [1.54, 1.807) is 23.1 Å². The highest BCUT2D eigenvalue weighted by molar-refractivity contribution is 5.92. The first-order chi connectivity index (χ1) is 13.6. The molecule has 0 bridgehead atoms. The Morgan fingerprint density at radius 1 is 1.07 bits per heavy atom. The van der Waals surface area contributed by atoms with Crippen molar-refractivity contribution in [3.05, 3.63) is 63.3 Å². The highest BCUT2D eigenvalue weighted by Crippen LogP contribution is 2.23. The minimum Gasteiger partial charge on any atom is -0.352 e. The fourth-order valence-electron chi connectivity index (χ4n) is 3.61. The van der Waals surface area contributed by atoms with Crippen LogP contribution in [0.15, 0.2) is 36.4 Å². The average molecular weight is 379 g/mol. The van der Waals surface area contributed by atoms with Crippen molar-refractivity contribution in [3.63, 3.8) is 0 Å². The van der Waals surface area contributed by atoms with Gasteiger partial charge in [0.25, 0.3) is 5.69 Å². The van der Waals surface area contributed by atoms with Crippen molar-refractivity contribution >= 4 is 23.5 Å². The molecule has 1 amide bonds. The van der Waals surface area contributed by atoms with E-state index in [0.717, 1.165) is 49.4 Å². The molecule has 1 aliphatic heterocycles. The van der Waals surface area contributed by atoms with Gasteiger partial charge in [-0.1, -0.05) is 0 Å². The number of nitro benzene ring substituents is 1. The predicted molar refractivity (Wildman–Crippen MR) is 105 cm³/mol. The second-order valence-corrected chi connectivity index (χ2v) is 7.02. The molecule has 1 fully saturated rings. The standard InChI is InChI=1S/C20H21N5O3/c26-20(9-6-15-4-7-17(8-5-15)25(27)28)24-12-10-23(11-13-24)19-14-16-2-1-3-18(16)21-22-19/h4-9,14H,1-3,10-13H2/b9-6+. The third-order valence-corrected chi connectivity index (χ3v) is 5.24. The van der Waals surface area contributed by atoms with Gasteiger partial charge in [0, 0.05) is 44.4 Å². The molecule has 0 spiro atoms. The average Bonchev–Trinajstić information content (AvgIpc) is 3.20. The fourth-order valence-corrected chi connectivity index (χ4v) is 3.61. The van der Waals surface area contributed by atoms with Crippen LogP contribution in [0.5, 0.6) is 0 Å². The molecule has 8 heteroatoms. The van der Waals surface area contributed by atoms with Crippen molar-refractivity contribution in [3.8, 4) is 0 Å². The minimum absolute atomic E-state index is 0.0363. The molecule has 1 aromatic heterocycles. The molecule has 1 aromatic carbocycles. The molecule has 2 heterocycles. The second-order valence-electron chi connectivity index (χ2n) is 7.02. The number of benzene rings is 1. The zero-order chi connectivity index (χ0) is 19.5. The Morgan fingerprint density at radius 3 is 2.54 bits per heavy atom. The number of hydrogen-bond donors (Lipinski definition) is 0. The zero-order valence-corrected chi connectivity index (χ0v) is 15.5. The SMILES string of the molecule is O=C(/C=C/c1ccc([N+](=O)[O-])cc1)N1CCN(c2cc3c(nn2)CCC3)CC1. The molecular formula is C20H21N5O3. The van der Waals surface area contributed by atoms with Gasteiger partial charge in [-0.3, -0.25) is 14.9 Å². The Labute approximate surface area is 162 Å². The lowest BCUT2D eigenvalue weighted by Gasteiger charge is -2.34. The number of hydrogen-bond acceptors (Lipinski definition) is 6. The second kappa shape index (κ2) is 7.75. The summed E-state index contributed by atoms with van der Waals surface area (Å²) < 4.78 is 0. The number of piperazine rings is 1. The summed E-state index contributed by atoms with van der Waals surface area (Å²) in [5, 5.41) is 19.4. The van der Waals surface area contributed by atoms with Gasteiger partial charge in [0.1, 0.15) is 0 Å². The number of rotatable bonds is 4. The normalized spacial score (nSPS) is 16.4. The van der Waals surface area contributed by atoms with Gasteiger partial charge in [-0.15, -0.1) is 5.10 Å². The van der Waals surface area contributed by atoms with Crippen LogP contribution in [-0.4, -0.2) is 52.1 Å². The molecule has 1 aliphatic carbocycles. The Hall–Kier alpha value is -3.29. The van der Waals surface area contributed by atoms with Gasteiger partial charge in [0.05, 0.1) is 10.6 Å². The van der Waals surface area contributed by atoms with E-state index in [1.165, 1.54) is 23.8 Å². The van der Waals surface area contributed by atoms with E-state index >= 15 is 0 Å². The van der Waals surface area contributed by atoms with Crippen LogP contribution in [0.1, 0.15) is 23.2 Å². The van der Waals surface area contributed by atoms with E-state index in [1.807, 2.05) is 0 Å². The number of carbonyl (C=O) groups excluding carboxylic acids is 1. The number of nitrogens with zero attached hydrogens (tertiary/aromatic N) is 5. The Morgan fingerprint density at radius 2 is 1.82 bits per heavy atom. The molecule has 144 valence electrons. The van der Waals surface area contributed by atoms with Gasteiger partial charge in [-0.25, -0.2) is 0 Å². The lowest BCUT2D eigenvalue weighted by Crippen LogP contribution is -2.48. The number of non-ortho nitro benzene ring substituents is 1. The largest absolute Gasteiger partial charge is 0.352 e. The summed E-state index contributed by atoms with van der Waals surface area (Å²) in [5.41, 5.74) is 3.21. The van der Waals surface area contributed by atoms with Crippen LogP contribution in [-0.2, 0) is 17.6 Å². The summed E-state index contributed by atoms with van der Waals surface area (Å²) in [7, 11) is 0. The molecule has 1 saturated heterocycles. The molecule has 2 aromatic rings. The molecule has 4 rings (SSSR count). The summed E-state index contributed by atoms with van der Waals surface area (Å²) in [6, 6.07) is 8.27. The van der Waals surface area contributed by atoms with E-state index in [-0.39, 0.29) is 11.6 Å². The first-order valence-corrected chi connectivity index (χ1v) is 9.42. The van der Waals surface area contributed by atoms with E-state index in [4.69, 9.17) is 0 Å². The van der Waals surface area contributed by atoms with Crippen LogP contribution in [0.25, 0.3) is 6.08 Å². The van der Waals surface area contributed by atoms with Crippen molar-refractivity contribution in [1.29, 1.82) is 0 Å². The highest BCUT2D eigenvalue weighted by atomic mass is 16.6. The molecule has 8 nitrogen and oxygen atoms in total. The molecule has 0 N–H and O–H groups in total. The van der Waals surface area contributed by atoms with Gasteiger partial charge in [-0.2, -0.15) is 5.10 Å². The van der Waals surface area contributed by atoms with Gasteiger partial charge in [0.15, 0.2) is 5.82 Å². The van der Waals surface area contributed by atoms with E-state index in [9.17, 15) is 14.9 Å². The van der Waals surface area contributed by atoms with Crippen LogP contribution in [0.3, 0.4) is 0 Å². The maximum absolute atomic E-state index is 12.4. The van der Waals surface area contributed by atoms with Gasteiger partial charge in [0.2, 0.25) is 5.91 Å². The summed E-state index contributed by atoms with van der Waals surface area (Å²) in [4.78, 5) is 26.7. The number of anilines is 1. The highest BCUT2D eigenvalue weighted by Gasteiger charge is 2.22. The van der Waals surface area contributed by atoms with Crippen LogP contribution < -0.4 is 4.90 Å². The summed E-state index contributed by atoms with van der Waals surface area (Å²) in [6.07, 6.45) is 6.45. The third-order valence-electron chi connectivity index (χ3n) is 5.24. The number of aryl methyl sites for hydroxylation is 2. The van der Waals surface area contributed by atoms with Crippen molar-refractivity contribution in [2.45, 2.75) is 19.3 Å². The monoisotopic (exact) mass is 379 g/mol. The van der Waals surface area contributed by atoms with Gasteiger partial charge >= 0.3 is 0 Å². The van der Waals surface area contributed by atoms with Crippen molar-refractivity contribution in [1.82, 2.24) is 15.1 Å². The summed E-state index contributed by atoms with van der Waals surface area (Å²) in [5.74, 6) is 0.840. The predicted octanol–water partition coefficient (Wildman–Crippen LogP) is 2.24. The summed E-state index contributed by atoms with van der Waals surface area (Å²) in [6.45, 7) is 2.71. The number of carbonyl (C=O) groups is 1. The number of nitro groups is 1. The molecule has 0 atom stereocenters. The smallest absolute Gasteiger partial charge is 0.269 e. The van der Waals surface area contributed by atoms with Crippen LogP contribution in [0.4, 0.5) is 11.5 Å². The van der Waals surface area contributed by atoms with Crippen LogP contribution in [0.2, 0.25) is 0 Å². The Bertz CT molecular complexity index is 918. The van der Waals surface area contributed by atoms with E-state index in [0.29, 0.717) is 13.1 Å². The first kappa shape index (κ1) is 18.1. The Kier molecular flexibility index (Phi) is 5.01.